The lowest BCUT2D eigenvalue weighted by molar-refractivity contribution is 0.0297. The minimum Gasteiger partial charge on any atom is -0.378 e. The maximum Gasteiger partial charge on any atom is 0.272 e. The van der Waals surface area contributed by atoms with Crippen molar-refractivity contribution in [2.24, 2.45) is 0 Å². The molecule has 118 valence electrons. The molecule has 0 saturated carbocycles. The standard InChI is InChI=1S/C18H19N3O2/c1-13-3-4-16(14(2)11-13)21-6-5-15(12-19)17(21)18(22)20-7-9-23-10-8-20/h3-6,11H,7-10H2,1-2H3. The highest BCUT2D eigenvalue weighted by Crippen LogP contribution is 2.22. The predicted molar refractivity (Wildman–Crippen MR) is 86.7 cm³/mol. The molecule has 2 heterocycles. The van der Waals surface area contributed by atoms with E-state index < -0.39 is 0 Å². The fourth-order valence-corrected chi connectivity index (χ4v) is 2.93. The predicted octanol–water partition coefficient (Wildman–Crippen LogP) is 2.44. The van der Waals surface area contributed by atoms with Crippen LogP contribution in [0.25, 0.3) is 5.69 Å². The van der Waals surface area contributed by atoms with Crippen molar-refractivity contribution in [3.63, 3.8) is 0 Å². The Morgan fingerprint density at radius 3 is 2.61 bits per heavy atom. The molecule has 0 N–H and O–H groups in total. The van der Waals surface area contributed by atoms with E-state index in [4.69, 9.17) is 4.74 Å². The number of hydrogen-bond donors (Lipinski definition) is 0. The van der Waals surface area contributed by atoms with Crippen molar-refractivity contribution in [3.05, 3.63) is 52.8 Å². The highest BCUT2D eigenvalue weighted by atomic mass is 16.5. The van der Waals surface area contributed by atoms with Crippen molar-refractivity contribution < 1.29 is 9.53 Å². The van der Waals surface area contributed by atoms with Crippen molar-refractivity contribution in [3.8, 4) is 11.8 Å². The van der Waals surface area contributed by atoms with E-state index in [-0.39, 0.29) is 5.91 Å². The molecule has 1 saturated heterocycles. The molecule has 5 heteroatoms. The zero-order valence-electron chi connectivity index (χ0n) is 13.4. The van der Waals surface area contributed by atoms with E-state index in [1.54, 1.807) is 17.2 Å². The van der Waals surface area contributed by atoms with Crippen LogP contribution in [0.5, 0.6) is 0 Å². The van der Waals surface area contributed by atoms with E-state index in [1.165, 1.54) is 5.56 Å². The first-order valence-electron chi connectivity index (χ1n) is 7.68. The van der Waals surface area contributed by atoms with Crippen molar-refractivity contribution >= 4 is 5.91 Å². The summed E-state index contributed by atoms with van der Waals surface area (Å²) in [5.41, 5.74) is 4.00. The molecule has 0 spiro atoms. The molecule has 1 amide bonds. The number of benzene rings is 1. The molecule has 1 aromatic heterocycles. The van der Waals surface area contributed by atoms with E-state index in [1.807, 2.05) is 30.5 Å². The topological polar surface area (TPSA) is 58.3 Å². The van der Waals surface area contributed by atoms with Gasteiger partial charge >= 0.3 is 0 Å². The van der Waals surface area contributed by atoms with Gasteiger partial charge in [-0.05, 0) is 31.5 Å². The van der Waals surface area contributed by atoms with Crippen molar-refractivity contribution in [2.75, 3.05) is 26.3 Å². The van der Waals surface area contributed by atoms with Crippen LogP contribution in [0.15, 0.2) is 30.5 Å². The molecule has 0 aliphatic carbocycles. The quantitative estimate of drug-likeness (QED) is 0.856. The van der Waals surface area contributed by atoms with Gasteiger partial charge in [0, 0.05) is 25.0 Å². The lowest BCUT2D eigenvalue weighted by Gasteiger charge is -2.27. The summed E-state index contributed by atoms with van der Waals surface area (Å²) in [5.74, 6) is -0.116. The zero-order chi connectivity index (χ0) is 16.4. The summed E-state index contributed by atoms with van der Waals surface area (Å²) in [6, 6.07) is 9.91. The van der Waals surface area contributed by atoms with Crippen LogP contribution in [0.2, 0.25) is 0 Å². The number of nitrogens with zero attached hydrogens (tertiary/aromatic N) is 3. The smallest absolute Gasteiger partial charge is 0.272 e. The third-order valence-corrected chi connectivity index (χ3v) is 4.12. The molecule has 0 bridgehead atoms. The van der Waals surface area contributed by atoms with Crippen LogP contribution in [0.4, 0.5) is 0 Å². The Kier molecular flexibility index (Phi) is 4.18. The number of rotatable bonds is 2. The summed E-state index contributed by atoms with van der Waals surface area (Å²) in [5, 5.41) is 9.38. The highest BCUT2D eigenvalue weighted by Gasteiger charge is 2.25. The molecule has 1 aromatic carbocycles. The average Bonchev–Trinajstić information content (AvgIpc) is 2.98. The highest BCUT2D eigenvalue weighted by molar-refractivity contribution is 5.96. The number of ether oxygens (including phenoxy) is 1. The third kappa shape index (κ3) is 2.86. The first-order chi connectivity index (χ1) is 11.1. The molecule has 3 rings (SSSR count). The normalized spacial score (nSPS) is 14.6. The van der Waals surface area contributed by atoms with Crippen molar-refractivity contribution in [1.82, 2.24) is 9.47 Å². The Bertz CT molecular complexity index is 780. The van der Waals surface area contributed by atoms with E-state index >= 15 is 0 Å². The van der Waals surface area contributed by atoms with Gasteiger partial charge in [-0.2, -0.15) is 5.26 Å². The van der Waals surface area contributed by atoms with Gasteiger partial charge in [-0.3, -0.25) is 4.79 Å². The number of carbonyl (C=O) groups is 1. The van der Waals surface area contributed by atoms with Gasteiger partial charge < -0.3 is 14.2 Å². The summed E-state index contributed by atoms with van der Waals surface area (Å²) in [7, 11) is 0. The van der Waals surface area contributed by atoms with Crippen LogP contribution in [0.3, 0.4) is 0 Å². The summed E-state index contributed by atoms with van der Waals surface area (Å²) in [6.07, 6.45) is 1.80. The van der Waals surface area contributed by atoms with Crippen LogP contribution in [0, 0.1) is 25.2 Å². The van der Waals surface area contributed by atoms with Crippen LogP contribution in [-0.2, 0) is 4.74 Å². The molecule has 1 fully saturated rings. The zero-order valence-corrected chi connectivity index (χ0v) is 13.4. The second-order valence-corrected chi connectivity index (χ2v) is 5.75. The second kappa shape index (κ2) is 6.27. The number of aromatic nitrogens is 1. The lowest BCUT2D eigenvalue weighted by Crippen LogP contribution is -2.41. The molecular weight excluding hydrogens is 290 g/mol. The van der Waals surface area contributed by atoms with Gasteiger partial charge in [0.2, 0.25) is 0 Å². The van der Waals surface area contributed by atoms with Gasteiger partial charge in [-0.25, -0.2) is 0 Å². The summed E-state index contributed by atoms with van der Waals surface area (Å²) in [6.45, 7) is 6.24. The first-order valence-corrected chi connectivity index (χ1v) is 7.68. The Balaban J connectivity index is 2.07. The van der Waals surface area contributed by atoms with Crippen LogP contribution >= 0.6 is 0 Å². The fraction of sp³-hybridized carbons (Fsp3) is 0.333. The minimum absolute atomic E-state index is 0.116. The van der Waals surface area contributed by atoms with Gasteiger partial charge in [-0.1, -0.05) is 17.7 Å². The molecular formula is C18H19N3O2. The Morgan fingerprint density at radius 2 is 1.96 bits per heavy atom. The molecule has 1 aliphatic heterocycles. The minimum atomic E-state index is -0.116. The van der Waals surface area contributed by atoms with Crippen molar-refractivity contribution in [2.45, 2.75) is 13.8 Å². The maximum atomic E-state index is 12.9. The monoisotopic (exact) mass is 309 g/mol. The molecule has 0 radical (unpaired) electrons. The van der Waals surface area contributed by atoms with Gasteiger partial charge in [0.25, 0.3) is 5.91 Å². The van der Waals surface area contributed by atoms with Gasteiger partial charge in [-0.15, -0.1) is 0 Å². The van der Waals surface area contributed by atoms with E-state index in [9.17, 15) is 10.1 Å². The average molecular weight is 309 g/mol. The largest absolute Gasteiger partial charge is 0.378 e. The Labute approximate surface area is 135 Å². The number of amides is 1. The lowest BCUT2D eigenvalue weighted by atomic mass is 10.1. The summed E-state index contributed by atoms with van der Waals surface area (Å²) < 4.78 is 7.13. The first kappa shape index (κ1) is 15.3. The molecule has 23 heavy (non-hydrogen) atoms. The Morgan fingerprint density at radius 1 is 1.22 bits per heavy atom. The maximum absolute atomic E-state index is 12.9. The Hall–Kier alpha value is -2.58. The SMILES string of the molecule is Cc1ccc(-n2ccc(C#N)c2C(=O)N2CCOCC2)c(C)c1. The van der Waals surface area contributed by atoms with Gasteiger partial charge in [0.15, 0.2) is 0 Å². The number of nitriles is 1. The third-order valence-electron chi connectivity index (χ3n) is 4.12. The number of carbonyl (C=O) groups excluding carboxylic acids is 1. The van der Waals surface area contributed by atoms with Crippen LogP contribution in [0.1, 0.15) is 27.2 Å². The molecule has 0 unspecified atom stereocenters. The molecule has 0 atom stereocenters. The summed E-state index contributed by atoms with van der Waals surface area (Å²) in [4.78, 5) is 14.7. The van der Waals surface area contributed by atoms with Crippen LogP contribution in [-0.4, -0.2) is 41.7 Å². The molecule has 2 aromatic rings. The number of morpholine rings is 1. The molecule has 1 aliphatic rings. The number of hydrogen-bond acceptors (Lipinski definition) is 3. The van der Waals surface area contributed by atoms with E-state index in [0.717, 1.165) is 11.3 Å². The van der Waals surface area contributed by atoms with Gasteiger partial charge in [0.05, 0.1) is 18.8 Å². The summed E-state index contributed by atoms with van der Waals surface area (Å²) >= 11 is 0. The van der Waals surface area contributed by atoms with Gasteiger partial charge in [0.1, 0.15) is 11.8 Å². The van der Waals surface area contributed by atoms with E-state index in [0.29, 0.717) is 37.6 Å². The van der Waals surface area contributed by atoms with Crippen molar-refractivity contribution in [1.29, 1.82) is 5.26 Å². The van der Waals surface area contributed by atoms with Crippen LogP contribution < -0.4 is 0 Å². The fourth-order valence-electron chi connectivity index (χ4n) is 2.93. The molecule has 5 nitrogen and oxygen atoms in total. The number of aryl methyl sites for hydroxylation is 2. The van der Waals surface area contributed by atoms with E-state index in [2.05, 4.69) is 12.1 Å². The second-order valence-electron chi connectivity index (χ2n) is 5.75.